The first-order valence-electron chi connectivity index (χ1n) is 37.9. The fraction of sp³-hybridized carbons (Fsp3) is 0.945. The topological polar surface area (TPSA) is 237 Å². The minimum Gasteiger partial charge on any atom is -0.462 e. The maximum absolute atomic E-state index is 13.0. The smallest absolute Gasteiger partial charge is 0.462 e. The molecule has 546 valence electrons. The summed E-state index contributed by atoms with van der Waals surface area (Å²) in [5, 5.41) is 10.6. The van der Waals surface area contributed by atoms with Gasteiger partial charge in [-0.15, -0.1) is 0 Å². The number of aliphatic hydroxyl groups excluding tert-OH is 1. The highest BCUT2D eigenvalue weighted by Crippen LogP contribution is 2.45. The van der Waals surface area contributed by atoms with Gasteiger partial charge in [0.15, 0.2) is 12.2 Å². The van der Waals surface area contributed by atoms with E-state index >= 15 is 0 Å². The molecule has 6 atom stereocenters. The number of phosphoric acid groups is 2. The maximum atomic E-state index is 13.0. The minimum absolute atomic E-state index is 0.105. The van der Waals surface area contributed by atoms with Gasteiger partial charge < -0.3 is 33.8 Å². The highest BCUT2D eigenvalue weighted by atomic mass is 31.2. The van der Waals surface area contributed by atoms with Gasteiger partial charge in [-0.1, -0.05) is 318 Å². The predicted octanol–water partition coefficient (Wildman–Crippen LogP) is 21.0. The van der Waals surface area contributed by atoms with Gasteiger partial charge in [0.1, 0.15) is 19.3 Å². The number of ether oxygens (including phenoxy) is 4. The molecular weight excluding hydrogens is 1210 g/mol. The molecule has 0 aliphatic rings. The van der Waals surface area contributed by atoms with Gasteiger partial charge in [-0.25, -0.2) is 9.13 Å². The van der Waals surface area contributed by atoms with Crippen molar-refractivity contribution in [2.45, 2.75) is 388 Å². The summed E-state index contributed by atoms with van der Waals surface area (Å²) in [6, 6.07) is 0. The van der Waals surface area contributed by atoms with Crippen molar-refractivity contribution in [2.75, 3.05) is 39.6 Å². The number of aliphatic hydroxyl groups is 1. The molecule has 0 rings (SSSR count). The first-order valence-corrected chi connectivity index (χ1v) is 40.9. The molecule has 0 aliphatic carbocycles. The first kappa shape index (κ1) is 90.1. The van der Waals surface area contributed by atoms with E-state index in [1.165, 1.54) is 173 Å². The van der Waals surface area contributed by atoms with E-state index in [1.54, 1.807) is 0 Å². The molecule has 0 aromatic rings. The van der Waals surface area contributed by atoms with Gasteiger partial charge in [-0.2, -0.15) is 0 Å². The number of unbranched alkanes of at least 4 members (excludes halogenated alkanes) is 38. The third-order valence-electron chi connectivity index (χ3n) is 17.2. The second kappa shape index (κ2) is 63.8. The third kappa shape index (κ3) is 65.4. The standard InChI is InChI=1S/C73H142O17P2/c1-8-10-11-37-47-54-70(75)83-60-68(89-72(77)57-50-43-36-30-24-23-27-33-40-46-53-66(7)9-2)62-87-91(79,80)85-58-67(74)59-86-92(81,82)88-63-69(61-84-71(76)55-48-41-34-28-21-18-14-16-20-26-32-39-45-52-65(5)6)90-73(78)56-49-42-35-29-22-17-13-12-15-19-25-31-38-44-51-64(3)4/h64-69,74H,8-63H2,1-7H3,(H,79,80)(H,81,82)/t66?,67-,68+,69+/m0/s1. The van der Waals surface area contributed by atoms with Crippen LogP contribution in [-0.2, 0) is 65.4 Å². The molecular formula is C73H142O17P2. The van der Waals surface area contributed by atoms with Crippen molar-refractivity contribution < 1.29 is 80.2 Å². The summed E-state index contributed by atoms with van der Waals surface area (Å²) in [5.74, 6) is 0.257. The van der Waals surface area contributed by atoms with Gasteiger partial charge in [-0.3, -0.25) is 37.3 Å². The zero-order valence-corrected chi connectivity index (χ0v) is 61.8. The Hall–Kier alpha value is -1.94. The highest BCUT2D eigenvalue weighted by Gasteiger charge is 2.30. The van der Waals surface area contributed by atoms with Crippen LogP contribution in [0.25, 0.3) is 0 Å². The van der Waals surface area contributed by atoms with Crippen molar-refractivity contribution >= 4 is 39.5 Å². The van der Waals surface area contributed by atoms with Crippen molar-refractivity contribution in [3.63, 3.8) is 0 Å². The second-order valence-electron chi connectivity index (χ2n) is 27.5. The molecule has 0 aliphatic heterocycles. The highest BCUT2D eigenvalue weighted by molar-refractivity contribution is 7.47. The summed E-state index contributed by atoms with van der Waals surface area (Å²) >= 11 is 0. The number of carbonyl (C=O) groups is 4. The van der Waals surface area contributed by atoms with Crippen LogP contribution in [0, 0.1) is 17.8 Å². The van der Waals surface area contributed by atoms with Crippen LogP contribution in [0.3, 0.4) is 0 Å². The molecule has 92 heavy (non-hydrogen) atoms. The molecule has 17 nitrogen and oxygen atoms in total. The van der Waals surface area contributed by atoms with Crippen molar-refractivity contribution in [1.82, 2.24) is 0 Å². The lowest BCUT2D eigenvalue weighted by atomic mass is 9.99. The Kier molecular flexibility index (Phi) is 62.4. The SMILES string of the molecule is CCCCCCCC(=O)OC[C@H](COP(=O)(O)OC[C@H](O)COP(=O)(O)OC[C@@H](COC(=O)CCCCCCCCCCCCCCCC(C)C)OC(=O)CCCCCCCCCCCCCCCCC(C)C)OC(=O)CCCCCCCCCCCCC(C)CC. The fourth-order valence-corrected chi connectivity index (χ4v) is 12.6. The average Bonchev–Trinajstić information content (AvgIpc) is 3.53. The Morgan fingerprint density at radius 3 is 0.826 bits per heavy atom. The Labute approximate surface area is 562 Å². The number of phosphoric ester groups is 2. The zero-order chi connectivity index (χ0) is 68.0. The monoisotopic (exact) mass is 1350 g/mol. The lowest BCUT2D eigenvalue weighted by Gasteiger charge is -2.21. The minimum atomic E-state index is -4.95. The van der Waals surface area contributed by atoms with Crippen molar-refractivity contribution in [3.8, 4) is 0 Å². The number of rotatable bonds is 71. The van der Waals surface area contributed by atoms with Gasteiger partial charge in [-0.05, 0) is 43.4 Å². The molecule has 19 heteroatoms. The summed E-state index contributed by atoms with van der Waals surface area (Å²) < 4.78 is 68.2. The van der Waals surface area contributed by atoms with E-state index in [0.29, 0.717) is 25.7 Å². The van der Waals surface area contributed by atoms with E-state index < -0.39 is 97.5 Å². The first-order chi connectivity index (χ1) is 44.3. The zero-order valence-electron chi connectivity index (χ0n) is 60.0. The van der Waals surface area contributed by atoms with E-state index in [9.17, 15) is 43.2 Å². The van der Waals surface area contributed by atoms with E-state index in [-0.39, 0.29) is 25.7 Å². The second-order valence-corrected chi connectivity index (χ2v) is 30.4. The van der Waals surface area contributed by atoms with Gasteiger partial charge in [0.25, 0.3) is 0 Å². The Morgan fingerprint density at radius 2 is 0.554 bits per heavy atom. The summed E-state index contributed by atoms with van der Waals surface area (Å²) in [6.07, 6.45) is 48.8. The van der Waals surface area contributed by atoms with Crippen LogP contribution in [0.4, 0.5) is 0 Å². The summed E-state index contributed by atoms with van der Waals surface area (Å²) in [6.45, 7) is 11.9. The van der Waals surface area contributed by atoms with Gasteiger partial charge in [0.2, 0.25) is 0 Å². The molecule has 3 N–H and O–H groups in total. The summed E-state index contributed by atoms with van der Waals surface area (Å²) in [5.41, 5.74) is 0. The van der Waals surface area contributed by atoms with Crippen LogP contribution in [0.15, 0.2) is 0 Å². The Balaban J connectivity index is 5.16. The van der Waals surface area contributed by atoms with Crippen LogP contribution >= 0.6 is 15.6 Å². The Bertz CT molecular complexity index is 1800. The van der Waals surface area contributed by atoms with Crippen LogP contribution in [0.5, 0.6) is 0 Å². The number of hydrogen-bond acceptors (Lipinski definition) is 15. The maximum Gasteiger partial charge on any atom is 0.472 e. The molecule has 0 saturated heterocycles. The quantitative estimate of drug-likeness (QED) is 0.0222. The Morgan fingerprint density at radius 1 is 0.315 bits per heavy atom. The molecule has 0 fully saturated rings. The van der Waals surface area contributed by atoms with Gasteiger partial charge in [0, 0.05) is 25.7 Å². The van der Waals surface area contributed by atoms with E-state index in [4.69, 9.17) is 37.0 Å². The largest absolute Gasteiger partial charge is 0.472 e. The predicted molar refractivity (Wildman–Crippen MR) is 372 cm³/mol. The summed E-state index contributed by atoms with van der Waals surface area (Å²) in [4.78, 5) is 72.4. The molecule has 0 bridgehead atoms. The van der Waals surface area contributed by atoms with Crippen LogP contribution in [-0.4, -0.2) is 96.7 Å². The van der Waals surface area contributed by atoms with E-state index in [0.717, 1.165) is 114 Å². The molecule has 0 saturated carbocycles. The molecule has 0 radical (unpaired) electrons. The molecule has 0 spiro atoms. The normalized spacial score (nSPS) is 14.4. The fourth-order valence-electron chi connectivity index (χ4n) is 11.0. The number of carbonyl (C=O) groups excluding carboxylic acids is 4. The average molecular weight is 1350 g/mol. The lowest BCUT2D eigenvalue weighted by molar-refractivity contribution is -0.161. The molecule has 3 unspecified atom stereocenters. The van der Waals surface area contributed by atoms with Gasteiger partial charge >= 0.3 is 39.5 Å². The van der Waals surface area contributed by atoms with Crippen molar-refractivity contribution in [2.24, 2.45) is 17.8 Å². The van der Waals surface area contributed by atoms with Gasteiger partial charge in [0.05, 0.1) is 26.4 Å². The number of hydrogen-bond donors (Lipinski definition) is 3. The molecule has 0 amide bonds. The van der Waals surface area contributed by atoms with Crippen molar-refractivity contribution in [3.05, 3.63) is 0 Å². The lowest BCUT2D eigenvalue weighted by Crippen LogP contribution is -2.30. The molecule has 0 heterocycles. The molecule has 0 aromatic heterocycles. The number of esters is 4. The van der Waals surface area contributed by atoms with Crippen LogP contribution in [0.1, 0.15) is 370 Å². The van der Waals surface area contributed by atoms with Crippen molar-refractivity contribution in [1.29, 1.82) is 0 Å². The third-order valence-corrected chi connectivity index (χ3v) is 19.1. The van der Waals surface area contributed by atoms with Crippen LogP contribution < -0.4 is 0 Å². The summed E-state index contributed by atoms with van der Waals surface area (Å²) in [7, 11) is -9.90. The van der Waals surface area contributed by atoms with E-state index in [1.807, 2.05) is 0 Å². The van der Waals surface area contributed by atoms with E-state index in [2.05, 4.69) is 48.5 Å². The molecule has 0 aromatic carbocycles. The van der Waals surface area contributed by atoms with Crippen LogP contribution in [0.2, 0.25) is 0 Å².